The van der Waals surface area contributed by atoms with Crippen molar-refractivity contribution in [2.75, 3.05) is 6.61 Å². The summed E-state index contributed by atoms with van der Waals surface area (Å²) in [5.74, 6) is -0.321. The molecule has 0 saturated carbocycles. The summed E-state index contributed by atoms with van der Waals surface area (Å²) < 4.78 is 6.30. The smallest absolute Gasteiger partial charge is 0.395 e. The number of nitrogens with one attached hydrogen (secondary N) is 1. The van der Waals surface area contributed by atoms with E-state index in [1.807, 2.05) is 13.0 Å². The van der Waals surface area contributed by atoms with E-state index in [1.54, 1.807) is 18.2 Å². The summed E-state index contributed by atoms with van der Waals surface area (Å²) in [6, 6.07) is 5.39. The summed E-state index contributed by atoms with van der Waals surface area (Å²) in [6.45, 7) is 2.33. The Bertz CT molecular complexity index is 832. The van der Waals surface area contributed by atoms with Crippen molar-refractivity contribution in [2.45, 2.75) is 6.92 Å². The zero-order valence-corrected chi connectivity index (χ0v) is 13.5. The van der Waals surface area contributed by atoms with E-state index in [1.165, 1.54) is 6.08 Å². The van der Waals surface area contributed by atoms with Crippen LogP contribution in [-0.2, 0) is 0 Å². The molecule has 0 unspecified atom stereocenters. The summed E-state index contributed by atoms with van der Waals surface area (Å²) in [7, 11) is 0. The van der Waals surface area contributed by atoms with Crippen molar-refractivity contribution in [3.05, 3.63) is 54.5 Å². The van der Waals surface area contributed by atoms with E-state index in [9.17, 15) is 20.0 Å². The lowest BCUT2D eigenvalue weighted by molar-refractivity contribution is -0.387. The van der Waals surface area contributed by atoms with Crippen LogP contribution in [-0.4, -0.2) is 26.6 Å². The van der Waals surface area contributed by atoms with Crippen LogP contribution >= 0.6 is 15.9 Å². The van der Waals surface area contributed by atoms with Gasteiger partial charge in [-0.2, -0.15) is 4.98 Å². The first-order chi connectivity index (χ1) is 10.9. The minimum absolute atomic E-state index is 0.0134. The third-order valence-electron chi connectivity index (χ3n) is 2.77. The highest BCUT2D eigenvalue weighted by molar-refractivity contribution is 9.10. The second-order valence-corrected chi connectivity index (χ2v) is 5.24. The average molecular weight is 382 g/mol. The molecule has 8 nitrogen and oxygen atoms in total. The Balaban J connectivity index is 2.40. The molecule has 2 rings (SSSR count). The van der Waals surface area contributed by atoms with E-state index in [2.05, 4.69) is 25.9 Å². The highest BCUT2D eigenvalue weighted by Gasteiger charge is 2.21. The number of nitrogens with zero attached hydrogens (tertiary/aromatic N) is 2. The first kappa shape index (κ1) is 16.7. The molecule has 0 atom stereocenters. The Morgan fingerprint density at radius 1 is 1.48 bits per heavy atom. The number of nitro groups is 1. The van der Waals surface area contributed by atoms with Crippen molar-refractivity contribution < 1.29 is 14.8 Å². The van der Waals surface area contributed by atoms with Crippen LogP contribution in [0.25, 0.3) is 12.2 Å². The van der Waals surface area contributed by atoms with Crippen LogP contribution in [0, 0.1) is 10.1 Å². The van der Waals surface area contributed by atoms with E-state index in [-0.39, 0.29) is 5.82 Å². The Hall–Kier alpha value is -2.68. The predicted octanol–water partition coefficient (Wildman–Crippen LogP) is 2.72. The molecule has 1 heterocycles. The fraction of sp³-hybridized carbons (Fsp3) is 0.143. The second-order valence-electron chi connectivity index (χ2n) is 4.33. The van der Waals surface area contributed by atoms with Gasteiger partial charge in [0.25, 0.3) is 5.88 Å². The van der Waals surface area contributed by atoms with Gasteiger partial charge in [-0.05, 0) is 37.3 Å². The van der Waals surface area contributed by atoms with Gasteiger partial charge in [-0.25, -0.2) is 0 Å². The molecule has 0 spiro atoms. The number of rotatable bonds is 5. The average Bonchev–Trinajstić information content (AvgIpc) is 2.46. The van der Waals surface area contributed by atoms with Gasteiger partial charge in [0, 0.05) is 10.0 Å². The molecule has 0 fully saturated rings. The van der Waals surface area contributed by atoms with E-state index in [4.69, 9.17) is 4.74 Å². The lowest BCUT2D eigenvalue weighted by Gasteiger charge is -2.07. The molecule has 23 heavy (non-hydrogen) atoms. The van der Waals surface area contributed by atoms with Gasteiger partial charge in [0.15, 0.2) is 0 Å². The van der Waals surface area contributed by atoms with Crippen molar-refractivity contribution >= 4 is 33.8 Å². The minimum atomic E-state index is -1.03. The lowest BCUT2D eigenvalue weighted by atomic mass is 10.2. The molecular formula is C14H12BrN3O5. The molecule has 1 aromatic carbocycles. The molecule has 9 heteroatoms. The Kier molecular flexibility index (Phi) is 5.12. The van der Waals surface area contributed by atoms with Crippen molar-refractivity contribution in [1.29, 1.82) is 0 Å². The van der Waals surface area contributed by atoms with Gasteiger partial charge in [-0.3, -0.25) is 14.9 Å². The minimum Gasteiger partial charge on any atom is -0.493 e. The molecule has 0 saturated heterocycles. The van der Waals surface area contributed by atoms with Crippen LogP contribution in [0.15, 0.2) is 27.5 Å². The maximum absolute atomic E-state index is 11.6. The monoisotopic (exact) mass is 381 g/mol. The van der Waals surface area contributed by atoms with E-state index >= 15 is 0 Å². The fourth-order valence-electron chi connectivity index (χ4n) is 1.82. The molecule has 0 amide bonds. The third kappa shape index (κ3) is 3.95. The van der Waals surface area contributed by atoms with Gasteiger partial charge in [-0.15, -0.1) is 0 Å². The van der Waals surface area contributed by atoms with E-state index < -0.39 is 22.0 Å². The first-order valence-electron chi connectivity index (χ1n) is 6.50. The van der Waals surface area contributed by atoms with Crippen LogP contribution in [0.3, 0.4) is 0 Å². The molecule has 0 bridgehead atoms. The molecule has 0 aliphatic heterocycles. The van der Waals surface area contributed by atoms with Gasteiger partial charge in [0.1, 0.15) is 11.6 Å². The van der Waals surface area contributed by atoms with Gasteiger partial charge < -0.3 is 14.8 Å². The maximum Gasteiger partial charge on any atom is 0.395 e. The zero-order valence-electron chi connectivity index (χ0n) is 11.9. The number of aromatic nitrogens is 2. The van der Waals surface area contributed by atoms with Crippen molar-refractivity contribution in [3.8, 4) is 11.6 Å². The van der Waals surface area contributed by atoms with Gasteiger partial charge in [0.05, 0.1) is 11.5 Å². The second kappa shape index (κ2) is 7.05. The molecular weight excluding hydrogens is 370 g/mol. The summed E-state index contributed by atoms with van der Waals surface area (Å²) in [5.41, 5.74) is -1.30. The molecule has 120 valence electrons. The zero-order chi connectivity index (χ0) is 17.0. The number of H-pyrrole nitrogens is 1. The Morgan fingerprint density at radius 3 is 2.83 bits per heavy atom. The molecule has 2 N–H and O–H groups in total. The van der Waals surface area contributed by atoms with Gasteiger partial charge in [0.2, 0.25) is 0 Å². The van der Waals surface area contributed by atoms with Crippen molar-refractivity contribution in [2.24, 2.45) is 0 Å². The number of ether oxygens (including phenoxy) is 1. The molecule has 0 aliphatic carbocycles. The number of hydrogen-bond acceptors (Lipinski definition) is 6. The molecule has 0 aliphatic rings. The highest BCUT2D eigenvalue weighted by Crippen LogP contribution is 2.25. The first-order valence-corrected chi connectivity index (χ1v) is 7.29. The maximum atomic E-state index is 11.6. The number of benzene rings is 1. The number of aromatic hydroxyl groups is 1. The Morgan fingerprint density at radius 2 is 2.22 bits per heavy atom. The summed E-state index contributed by atoms with van der Waals surface area (Å²) in [4.78, 5) is 27.0. The van der Waals surface area contributed by atoms with Crippen LogP contribution in [0.1, 0.15) is 18.3 Å². The van der Waals surface area contributed by atoms with E-state index in [0.29, 0.717) is 17.9 Å². The van der Waals surface area contributed by atoms with Gasteiger partial charge in [-0.1, -0.05) is 15.9 Å². The van der Waals surface area contributed by atoms with E-state index in [0.717, 1.165) is 4.47 Å². The summed E-state index contributed by atoms with van der Waals surface area (Å²) in [5, 5.41) is 20.1. The van der Waals surface area contributed by atoms with Crippen LogP contribution < -0.4 is 10.3 Å². The SMILES string of the molecule is CCOc1ccc(Br)cc1/C=C/c1nc(O)c([N+](=O)[O-])c(=O)[nH]1. The standard InChI is InChI=1S/C14H12BrN3O5/c1-2-23-10-5-4-9(15)7-8(10)3-6-11-16-13(19)12(18(21)22)14(20)17-11/h3-7H,2H2,1H3,(H2,16,17,19,20)/b6-3+. The lowest BCUT2D eigenvalue weighted by Crippen LogP contribution is -2.14. The topological polar surface area (TPSA) is 118 Å². The largest absolute Gasteiger partial charge is 0.493 e. The van der Waals surface area contributed by atoms with Crippen molar-refractivity contribution in [3.63, 3.8) is 0 Å². The number of aromatic amines is 1. The van der Waals surface area contributed by atoms with Crippen LogP contribution in [0.2, 0.25) is 0 Å². The predicted molar refractivity (Wildman–Crippen MR) is 87.4 cm³/mol. The normalized spacial score (nSPS) is 10.9. The molecule has 2 aromatic rings. The van der Waals surface area contributed by atoms with Crippen LogP contribution in [0.5, 0.6) is 11.6 Å². The summed E-state index contributed by atoms with van der Waals surface area (Å²) >= 11 is 3.34. The quantitative estimate of drug-likeness (QED) is 0.606. The Labute approximate surface area is 138 Å². The van der Waals surface area contributed by atoms with Crippen molar-refractivity contribution in [1.82, 2.24) is 9.97 Å². The van der Waals surface area contributed by atoms with Crippen LogP contribution in [0.4, 0.5) is 5.69 Å². The number of halogens is 1. The third-order valence-corrected chi connectivity index (χ3v) is 3.26. The summed E-state index contributed by atoms with van der Waals surface area (Å²) in [6.07, 6.45) is 3.02. The highest BCUT2D eigenvalue weighted by atomic mass is 79.9. The molecule has 1 aromatic heterocycles. The van der Waals surface area contributed by atoms with Gasteiger partial charge >= 0.3 is 11.2 Å². The molecule has 0 radical (unpaired) electrons. The number of hydrogen-bond donors (Lipinski definition) is 2. The fourth-order valence-corrected chi connectivity index (χ4v) is 2.20.